The van der Waals surface area contributed by atoms with Crippen LogP contribution in [0.15, 0.2) is 30.5 Å². The van der Waals surface area contributed by atoms with Crippen LogP contribution in [0.3, 0.4) is 0 Å². The van der Waals surface area contributed by atoms with Crippen molar-refractivity contribution in [3.8, 4) is 5.75 Å². The summed E-state index contributed by atoms with van der Waals surface area (Å²) in [6.07, 6.45) is 2.86. The third-order valence-electron chi connectivity index (χ3n) is 3.29. The molecule has 4 nitrogen and oxygen atoms in total. The van der Waals surface area contributed by atoms with E-state index in [2.05, 4.69) is 29.8 Å². The summed E-state index contributed by atoms with van der Waals surface area (Å²) in [5, 5.41) is 1.14. The van der Waals surface area contributed by atoms with Crippen LogP contribution < -0.4 is 4.74 Å². The van der Waals surface area contributed by atoms with Gasteiger partial charge in [-0.15, -0.1) is 0 Å². The monoisotopic (exact) mass is 291 g/mol. The molecule has 0 amide bonds. The quantitative estimate of drug-likeness (QED) is 0.658. The zero-order chi connectivity index (χ0) is 15.1. The summed E-state index contributed by atoms with van der Waals surface area (Å²) < 4.78 is 19.2. The summed E-state index contributed by atoms with van der Waals surface area (Å²) in [6.45, 7) is 8.80. The number of ether oxygens (including phenoxy) is 3. The smallest absolute Gasteiger partial charge is 0.175 e. The van der Waals surface area contributed by atoms with E-state index in [0.717, 1.165) is 29.7 Å². The molecule has 0 unspecified atom stereocenters. The van der Waals surface area contributed by atoms with Gasteiger partial charge in [-0.3, -0.25) is 0 Å². The normalized spacial score (nSPS) is 11.4. The number of benzene rings is 1. The number of hydrogen-bond donors (Lipinski definition) is 0. The maximum absolute atomic E-state index is 5.81. The molecule has 116 valence electrons. The zero-order valence-corrected chi connectivity index (χ0v) is 13.2. The molecular formula is C17H25NO3. The lowest BCUT2D eigenvalue weighted by Gasteiger charge is -2.18. The first-order valence-corrected chi connectivity index (χ1v) is 7.74. The molecule has 0 saturated carbocycles. The Morgan fingerprint density at radius 2 is 1.81 bits per heavy atom. The summed E-state index contributed by atoms with van der Waals surface area (Å²) in [5.41, 5.74) is 1.15. The van der Waals surface area contributed by atoms with Crippen molar-refractivity contribution in [1.82, 2.24) is 4.57 Å². The van der Waals surface area contributed by atoms with Crippen LogP contribution in [0, 0.1) is 0 Å². The predicted octanol–water partition coefficient (Wildman–Crippen LogP) is 3.83. The van der Waals surface area contributed by atoms with Crippen molar-refractivity contribution < 1.29 is 14.2 Å². The average molecular weight is 291 g/mol. The molecule has 0 bridgehead atoms. The molecule has 2 rings (SSSR count). The van der Waals surface area contributed by atoms with Gasteiger partial charge in [-0.25, -0.2) is 0 Å². The second-order valence-corrected chi connectivity index (χ2v) is 4.85. The Bertz CT molecular complexity index is 544. The van der Waals surface area contributed by atoms with Gasteiger partial charge in [0, 0.05) is 24.8 Å². The maximum atomic E-state index is 5.81. The topological polar surface area (TPSA) is 32.6 Å². The lowest BCUT2D eigenvalue weighted by molar-refractivity contribution is -0.143. The number of nitrogens with zero attached hydrogens (tertiary/aromatic N) is 1. The van der Waals surface area contributed by atoms with Crippen LogP contribution in [0.2, 0.25) is 0 Å². The summed E-state index contributed by atoms with van der Waals surface area (Å²) in [6, 6.07) is 8.24. The second-order valence-electron chi connectivity index (χ2n) is 4.85. The van der Waals surface area contributed by atoms with E-state index in [1.165, 1.54) is 0 Å². The van der Waals surface area contributed by atoms with Crippen LogP contribution in [-0.2, 0) is 16.0 Å². The number of hydrogen-bond acceptors (Lipinski definition) is 3. The number of aromatic nitrogens is 1. The van der Waals surface area contributed by atoms with E-state index >= 15 is 0 Å². The molecule has 0 fully saturated rings. The number of fused-ring (bicyclic) bond motifs is 1. The minimum absolute atomic E-state index is 0.212. The molecular weight excluding hydrogens is 266 g/mol. The van der Waals surface area contributed by atoms with Crippen LogP contribution in [-0.4, -0.2) is 30.7 Å². The van der Waals surface area contributed by atoms with Crippen molar-refractivity contribution in [2.45, 2.75) is 40.0 Å². The Balaban J connectivity index is 2.20. The van der Waals surface area contributed by atoms with Gasteiger partial charge >= 0.3 is 0 Å². The molecule has 0 spiro atoms. The van der Waals surface area contributed by atoms with Gasteiger partial charge in [-0.1, -0.05) is 13.0 Å². The maximum Gasteiger partial charge on any atom is 0.175 e. The minimum Gasteiger partial charge on any atom is -0.493 e. The molecule has 0 atom stereocenters. The SMILES string of the molecule is CCCOc1cccc2c1ccn2CC(OCC)OCC. The molecule has 0 radical (unpaired) electrons. The average Bonchev–Trinajstić information content (AvgIpc) is 2.89. The highest BCUT2D eigenvalue weighted by Crippen LogP contribution is 2.27. The third-order valence-corrected chi connectivity index (χ3v) is 3.29. The van der Waals surface area contributed by atoms with Gasteiger partial charge in [-0.05, 0) is 38.5 Å². The highest BCUT2D eigenvalue weighted by atomic mass is 16.7. The predicted molar refractivity (Wildman–Crippen MR) is 84.8 cm³/mol. The Hall–Kier alpha value is -1.52. The zero-order valence-electron chi connectivity index (χ0n) is 13.2. The molecule has 1 aromatic heterocycles. The second kappa shape index (κ2) is 8.05. The van der Waals surface area contributed by atoms with Gasteiger partial charge in [0.2, 0.25) is 0 Å². The van der Waals surface area contributed by atoms with Crippen LogP contribution in [0.5, 0.6) is 5.75 Å². The minimum atomic E-state index is -0.212. The van der Waals surface area contributed by atoms with E-state index in [-0.39, 0.29) is 6.29 Å². The van der Waals surface area contributed by atoms with Crippen molar-refractivity contribution in [2.75, 3.05) is 19.8 Å². The van der Waals surface area contributed by atoms with E-state index in [1.54, 1.807) is 0 Å². The lowest BCUT2D eigenvalue weighted by Crippen LogP contribution is -2.23. The highest BCUT2D eigenvalue weighted by Gasteiger charge is 2.12. The van der Waals surface area contributed by atoms with E-state index < -0.39 is 0 Å². The van der Waals surface area contributed by atoms with Crippen molar-refractivity contribution in [2.24, 2.45) is 0 Å². The van der Waals surface area contributed by atoms with Crippen molar-refractivity contribution in [1.29, 1.82) is 0 Å². The first kappa shape index (κ1) is 15.9. The summed E-state index contributed by atoms with van der Waals surface area (Å²) in [7, 11) is 0. The Morgan fingerprint density at radius 3 is 2.48 bits per heavy atom. The van der Waals surface area contributed by atoms with Gasteiger partial charge in [0.1, 0.15) is 5.75 Å². The van der Waals surface area contributed by atoms with Crippen molar-refractivity contribution in [3.05, 3.63) is 30.5 Å². The lowest BCUT2D eigenvalue weighted by atomic mass is 10.2. The van der Waals surface area contributed by atoms with Gasteiger partial charge < -0.3 is 18.8 Å². The van der Waals surface area contributed by atoms with E-state index in [9.17, 15) is 0 Å². The first-order valence-electron chi connectivity index (χ1n) is 7.74. The molecule has 21 heavy (non-hydrogen) atoms. The van der Waals surface area contributed by atoms with Gasteiger partial charge in [-0.2, -0.15) is 0 Å². The van der Waals surface area contributed by atoms with Gasteiger partial charge in [0.25, 0.3) is 0 Å². The molecule has 0 saturated heterocycles. The Morgan fingerprint density at radius 1 is 1.05 bits per heavy atom. The van der Waals surface area contributed by atoms with E-state index in [0.29, 0.717) is 19.8 Å². The summed E-state index contributed by atoms with van der Waals surface area (Å²) in [5.74, 6) is 0.942. The fourth-order valence-electron chi connectivity index (χ4n) is 2.38. The molecule has 0 aliphatic heterocycles. The van der Waals surface area contributed by atoms with Gasteiger partial charge in [0.05, 0.1) is 18.7 Å². The van der Waals surface area contributed by atoms with Crippen molar-refractivity contribution >= 4 is 10.9 Å². The molecule has 1 aromatic carbocycles. The molecule has 0 aliphatic carbocycles. The van der Waals surface area contributed by atoms with Crippen molar-refractivity contribution in [3.63, 3.8) is 0 Å². The van der Waals surface area contributed by atoms with E-state index in [1.807, 2.05) is 26.0 Å². The molecule has 1 heterocycles. The molecule has 2 aromatic rings. The number of rotatable bonds is 9. The fraction of sp³-hybridized carbons (Fsp3) is 0.529. The van der Waals surface area contributed by atoms with E-state index in [4.69, 9.17) is 14.2 Å². The first-order chi connectivity index (χ1) is 10.3. The summed E-state index contributed by atoms with van der Waals surface area (Å²) >= 11 is 0. The van der Waals surface area contributed by atoms with Crippen LogP contribution >= 0.6 is 0 Å². The Labute approximate surface area is 126 Å². The highest BCUT2D eigenvalue weighted by molar-refractivity contribution is 5.86. The Kier molecular flexibility index (Phi) is 6.08. The van der Waals surface area contributed by atoms with Crippen LogP contribution in [0.1, 0.15) is 27.2 Å². The van der Waals surface area contributed by atoms with Crippen LogP contribution in [0.4, 0.5) is 0 Å². The van der Waals surface area contributed by atoms with Gasteiger partial charge in [0.15, 0.2) is 6.29 Å². The molecule has 0 N–H and O–H groups in total. The molecule has 4 heteroatoms. The van der Waals surface area contributed by atoms with Crippen LogP contribution in [0.25, 0.3) is 10.9 Å². The summed E-state index contributed by atoms with van der Waals surface area (Å²) in [4.78, 5) is 0. The third kappa shape index (κ3) is 3.99. The molecule has 0 aliphatic rings. The fourth-order valence-corrected chi connectivity index (χ4v) is 2.38. The standard InChI is InChI=1S/C17H25NO3/c1-4-12-21-16-9-7-8-15-14(16)10-11-18(15)13-17(19-5-2)20-6-3/h7-11,17H,4-6,12-13H2,1-3H3. The largest absolute Gasteiger partial charge is 0.493 e.